The zero-order chi connectivity index (χ0) is 33.4. The molecule has 0 amide bonds. The van der Waals surface area contributed by atoms with Gasteiger partial charge in [-0.1, -0.05) is 108 Å². The molecule has 10 rings (SSSR count). The maximum atomic E-state index is 2.59. The summed E-state index contributed by atoms with van der Waals surface area (Å²) in [5, 5.41) is 5.34. The molecule has 0 fully saturated rings. The van der Waals surface area contributed by atoms with Crippen LogP contribution in [0.3, 0.4) is 0 Å². The Balaban J connectivity index is 1.37. The molecule has 2 heterocycles. The molecule has 0 spiro atoms. The van der Waals surface area contributed by atoms with Crippen molar-refractivity contribution < 1.29 is 0 Å². The lowest BCUT2D eigenvalue weighted by atomic mass is 9.63. The normalized spacial score (nSPS) is 17.1. The van der Waals surface area contributed by atoms with Crippen molar-refractivity contribution in [3.8, 4) is 22.5 Å². The van der Waals surface area contributed by atoms with E-state index in [2.05, 4.69) is 172 Å². The molecule has 2 heteroatoms. The SMILES string of the molecule is CC1(C)CCC(C)(C)c2cc3c(cc21)c1c2c4ccccc4n(-c4ccccc4)c2ccc1n3-c1ccc2c(c1)C(C)(C)c1ccccc1-2. The number of hydrogen-bond donors (Lipinski definition) is 0. The van der Waals surface area contributed by atoms with E-state index < -0.39 is 0 Å². The van der Waals surface area contributed by atoms with Crippen molar-refractivity contribution in [2.75, 3.05) is 0 Å². The Kier molecular flexibility index (Phi) is 5.62. The van der Waals surface area contributed by atoms with E-state index in [4.69, 9.17) is 0 Å². The van der Waals surface area contributed by atoms with Crippen molar-refractivity contribution >= 4 is 43.6 Å². The van der Waals surface area contributed by atoms with Crippen molar-refractivity contribution in [3.05, 3.63) is 144 Å². The van der Waals surface area contributed by atoms with Crippen molar-refractivity contribution in [1.82, 2.24) is 9.13 Å². The number of para-hydroxylation sites is 2. The summed E-state index contributed by atoms with van der Waals surface area (Å²) < 4.78 is 5.03. The molecule has 6 aromatic carbocycles. The number of fused-ring (bicyclic) bond motifs is 11. The van der Waals surface area contributed by atoms with E-state index in [0.29, 0.717) is 0 Å². The Morgan fingerprint density at radius 2 is 1.00 bits per heavy atom. The highest BCUT2D eigenvalue weighted by Crippen LogP contribution is 2.52. The molecule has 0 unspecified atom stereocenters. The van der Waals surface area contributed by atoms with Gasteiger partial charge in [0.2, 0.25) is 0 Å². The summed E-state index contributed by atoms with van der Waals surface area (Å²) in [5.74, 6) is 0. The van der Waals surface area contributed by atoms with E-state index >= 15 is 0 Å². The summed E-state index contributed by atoms with van der Waals surface area (Å²) in [6.45, 7) is 14.6. The molecule has 0 saturated heterocycles. The topological polar surface area (TPSA) is 9.86 Å². The molecule has 240 valence electrons. The Labute approximate surface area is 288 Å². The highest BCUT2D eigenvalue weighted by Gasteiger charge is 2.39. The minimum Gasteiger partial charge on any atom is -0.309 e. The second kappa shape index (κ2) is 9.54. The smallest absolute Gasteiger partial charge is 0.0548 e. The predicted octanol–water partition coefficient (Wildman–Crippen LogP) is 12.5. The van der Waals surface area contributed by atoms with Crippen molar-refractivity contribution in [1.29, 1.82) is 0 Å². The molecular formula is C47H42N2. The van der Waals surface area contributed by atoms with Gasteiger partial charge in [-0.3, -0.25) is 0 Å². The number of hydrogen-bond acceptors (Lipinski definition) is 0. The minimum atomic E-state index is -0.0672. The largest absolute Gasteiger partial charge is 0.309 e. The molecule has 2 aliphatic carbocycles. The van der Waals surface area contributed by atoms with Crippen molar-refractivity contribution in [2.45, 2.75) is 70.6 Å². The standard InChI is InChI=1S/C47H42N2/c1-45(2)24-25-46(3,4)38-28-42-34(27-37(38)45)44-41(49(42)30-20-21-32-31-16-10-12-18-35(31)47(5,6)36(32)26-30)23-22-40-43(44)33-17-11-13-19-39(33)48(40)29-14-8-7-9-15-29/h7-23,26-28H,24-25H2,1-6H3. The first-order chi connectivity index (χ1) is 23.6. The van der Waals surface area contributed by atoms with Crippen LogP contribution in [0.15, 0.2) is 121 Å². The van der Waals surface area contributed by atoms with Crippen LogP contribution >= 0.6 is 0 Å². The quantitative estimate of drug-likeness (QED) is 0.179. The van der Waals surface area contributed by atoms with Gasteiger partial charge in [0.25, 0.3) is 0 Å². The molecular weight excluding hydrogens is 593 g/mol. The summed E-state index contributed by atoms with van der Waals surface area (Å²) in [6.07, 6.45) is 2.39. The van der Waals surface area contributed by atoms with Crippen LogP contribution in [-0.2, 0) is 16.2 Å². The fraction of sp³-hybridized carbons (Fsp3) is 0.234. The van der Waals surface area contributed by atoms with E-state index in [1.807, 2.05) is 0 Å². The van der Waals surface area contributed by atoms with Gasteiger partial charge in [0.15, 0.2) is 0 Å². The third kappa shape index (κ3) is 3.78. The monoisotopic (exact) mass is 634 g/mol. The van der Waals surface area contributed by atoms with E-state index in [0.717, 1.165) is 0 Å². The summed E-state index contributed by atoms with van der Waals surface area (Å²) in [4.78, 5) is 0. The van der Waals surface area contributed by atoms with Crippen LogP contribution in [0.1, 0.15) is 76.6 Å². The van der Waals surface area contributed by atoms with Gasteiger partial charge in [0, 0.05) is 38.3 Å². The van der Waals surface area contributed by atoms with Crippen LogP contribution in [0.2, 0.25) is 0 Å². The summed E-state index contributed by atoms with van der Waals surface area (Å²) in [5.41, 5.74) is 16.2. The van der Waals surface area contributed by atoms with Crippen LogP contribution in [-0.4, -0.2) is 9.13 Å². The third-order valence-electron chi connectivity index (χ3n) is 12.4. The second-order valence-corrected chi connectivity index (χ2v) is 16.5. The van der Waals surface area contributed by atoms with Crippen LogP contribution in [0.25, 0.3) is 66.1 Å². The highest BCUT2D eigenvalue weighted by molar-refractivity contribution is 6.29. The van der Waals surface area contributed by atoms with Crippen molar-refractivity contribution in [2.24, 2.45) is 0 Å². The zero-order valence-electron chi connectivity index (χ0n) is 29.4. The molecule has 0 atom stereocenters. The van der Waals surface area contributed by atoms with Gasteiger partial charge < -0.3 is 9.13 Å². The average molecular weight is 635 g/mol. The fourth-order valence-electron chi connectivity index (χ4n) is 9.59. The Hall–Kier alpha value is -5.08. The summed E-state index contributed by atoms with van der Waals surface area (Å²) in [7, 11) is 0. The zero-order valence-corrected chi connectivity index (χ0v) is 29.4. The van der Waals surface area contributed by atoms with E-state index in [-0.39, 0.29) is 16.2 Å². The maximum absolute atomic E-state index is 2.59. The molecule has 2 aliphatic rings. The first-order valence-electron chi connectivity index (χ1n) is 17.9. The van der Waals surface area contributed by atoms with Gasteiger partial charge in [-0.05, 0) is 112 Å². The third-order valence-corrected chi connectivity index (χ3v) is 12.4. The highest BCUT2D eigenvalue weighted by atomic mass is 15.0. The van der Waals surface area contributed by atoms with Gasteiger partial charge in [-0.2, -0.15) is 0 Å². The molecule has 0 radical (unpaired) electrons. The van der Waals surface area contributed by atoms with Crippen LogP contribution in [0.4, 0.5) is 0 Å². The molecule has 0 N–H and O–H groups in total. The number of aromatic nitrogens is 2. The average Bonchev–Trinajstić information content (AvgIpc) is 3.70. The van der Waals surface area contributed by atoms with E-state index in [1.54, 1.807) is 0 Å². The number of nitrogens with zero attached hydrogens (tertiary/aromatic N) is 2. The summed E-state index contributed by atoms with van der Waals surface area (Å²) >= 11 is 0. The molecule has 2 aromatic heterocycles. The Bertz CT molecular complexity index is 2680. The maximum Gasteiger partial charge on any atom is 0.0548 e. The molecule has 0 saturated carbocycles. The van der Waals surface area contributed by atoms with Crippen molar-refractivity contribution in [3.63, 3.8) is 0 Å². The second-order valence-electron chi connectivity index (χ2n) is 16.5. The first-order valence-corrected chi connectivity index (χ1v) is 17.9. The van der Waals surface area contributed by atoms with E-state index in [9.17, 15) is 0 Å². The Morgan fingerprint density at radius 1 is 0.408 bits per heavy atom. The van der Waals surface area contributed by atoms with Gasteiger partial charge in [0.05, 0.1) is 22.1 Å². The van der Waals surface area contributed by atoms with E-state index in [1.165, 1.54) is 101 Å². The molecule has 0 bridgehead atoms. The number of rotatable bonds is 2. The van der Waals surface area contributed by atoms with Crippen LogP contribution < -0.4 is 0 Å². The Morgan fingerprint density at radius 3 is 1.76 bits per heavy atom. The lowest BCUT2D eigenvalue weighted by Gasteiger charge is -2.42. The van der Waals surface area contributed by atoms with Gasteiger partial charge in [-0.15, -0.1) is 0 Å². The number of benzene rings is 6. The molecule has 0 aliphatic heterocycles. The lowest BCUT2D eigenvalue weighted by molar-refractivity contribution is 0.332. The fourth-order valence-corrected chi connectivity index (χ4v) is 9.59. The minimum absolute atomic E-state index is 0.0672. The van der Waals surface area contributed by atoms with Gasteiger partial charge in [-0.25, -0.2) is 0 Å². The van der Waals surface area contributed by atoms with Crippen LogP contribution in [0, 0.1) is 0 Å². The van der Waals surface area contributed by atoms with Crippen LogP contribution in [0.5, 0.6) is 0 Å². The molecule has 49 heavy (non-hydrogen) atoms. The molecule has 8 aromatic rings. The van der Waals surface area contributed by atoms with Gasteiger partial charge >= 0.3 is 0 Å². The lowest BCUT2D eigenvalue weighted by Crippen LogP contribution is -2.33. The van der Waals surface area contributed by atoms with Gasteiger partial charge in [0.1, 0.15) is 0 Å². The molecule has 2 nitrogen and oxygen atoms in total. The first kappa shape index (κ1) is 28.9. The summed E-state index contributed by atoms with van der Waals surface area (Å²) in [6, 6.07) is 45.9. The predicted molar refractivity (Wildman–Crippen MR) is 208 cm³/mol.